The van der Waals surface area contributed by atoms with E-state index >= 15 is 0 Å². The van der Waals surface area contributed by atoms with Crippen molar-refractivity contribution in [2.75, 3.05) is 29.7 Å². The van der Waals surface area contributed by atoms with E-state index in [9.17, 15) is 0 Å². The molecule has 0 aliphatic heterocycles. The molecule has 0 unspecified atom stereocenters. The lowest BCUT2D eigenvalue weighted by atomic mass is 10.1. The zero-order valence-corrected chi connectivity index (χ0v) is 19.8. The molecule has 1 heterocycles. The molecule has 0 saturated heterocycles. The van der Waals surface area contributed by atoms with Gasteiger partial charge in [0, 0.05) is 48.3 Å². The first-order chi connectivity index (χ1) is 16.3. The Bertz CT molecular complexity index is 1220. The molecular weight excluding hydrogens is 449 g/mol. The molecule has 4 rings (SSSR count). The standard InChI is InChI=1S/C28H25Cl2N3/c29-16-19-33(20-17-30)26-13-8-23(9-14-26)21-32-25-11-6-22(7-12-25)5-10-24-15-18-31-28-4-2-1-3-27(24)28/h1-15,18,21H,16-17,19-20H2/b10-5-,32-21?. The van der Waals surface area contributed by atoms with Crippen LogP contribution in [0.4, 0.5) is 11.4 Å². The number of benzene rings is 3. The highest BCUT2D eigenvalue weighted by atomic mass is 35.5. The summed E-state index contributed by atoms with van der Waals surface area (Å²) in [4.78, 5) is 11.2. The average Bonchev–Trinajstić information content (AvgIpc) is 2.87. The molecule has 1 aromatic heterocycles. The molecule has 0 spiro atoms. The molecule has 0 N–H and O–H groups in total. The SMILES string of the molecule is ClCCN(CCCl)c1ccc(C=Nc2ccc(/C=C\c3ccnc4ccccc34)cc2)cc1. The minimum atomic E-state index is 0.574. The molecule has 33 heavy (non-hydrogen) atoms. The Hall–Kier alpha value is -3.14. The van der Waals surface area contributed by atoms with Gasteiger partial charge >= 0.3 is 0 Å². The van der Waals surface area contributed by atoms with Gasteiger partial charge < -0.3 is 4.90 Å². The number of anilines is 1. The number of aromatic nitrogens is 1. The number of rotatable bonds is 9. The number of hydrogen-bond acceptors (Lipinski definition) is 3. The molecule has 166 valence electrons. The third-order valence-corrected chi connectivity index (χ3v) is 5.70. The van der Waals surface area contributed by atoms with Gasteiger partial charge in [-0.2, -0.15) is 0 Å². The summed E-state index contributed by atoms with van der Waals surface area (Å²) in [6.07, 6.45) is 7.97. The Labute approximate surface area is 205 Å². The van der Waals surface area contributed by atoms with E-state index in [1.54, 1.807) is 0 Å². The predicted octanol–water partition coefficient (Wildman–Crippen LogP) is 7.44. The molecule has 0 amide bonds. The smallest absolute Gasteiger partial charge is 0.0707 e. The molecule has 0 radical (unpaired) electrons. The Morgan fingerprint density at radius 3 is 2.18 bits per heavy atom. The van der Waals surface area contributed by atoms with Gasteiger partial charge in [-0.05, 0) is 53.1 Å². The van der Waals surface area contributed by atoms with Gasteiger partial charge in [-0.25, -0.2) is 0 Å². The highest BCUT2D eigenvalue weighted by Gasteiger charge is 2.04. The minimum Gasteiger partial charge on any atom is -0.369 e. The van der Waals surface area contributed by atoms with Crippen LogP contribution in [-0.2, 0) is 0 Å². The number of hydrogen-bond donors (Lipinski definition) is 0. The normalized spacial score (nSPS) is 11.6. The van der Waals surface area contributed by atoms with Gasteiger partial charge in [0.15, 0.2) is 0 Å². The quantitative estimate of drug-likeness (QED) is 0.186. The summed E-state index contributed by atoms with van der Waals surface area (Å²) in [6.45, 7) is 1.56. The van der Waals surface area contributed by atoms with Crippen molar-refractivity contribution in [2.45, 2.75) is 0 Å². The fourth-order valence-corrected chi connectivity index (χ4v) is 4.02. The van der Waals surface area contributed by atoms with Crippen molar-refractivity contribution in [1.82, 2.24) is 4.98 Å². The van der Waals surface area contributed by atoms with Gasteiger partial charge in [-0.3, -0.25) is 9.98 Å². The van der Waals surface area contributed by atoms with Crippen molar-refractivity contribution >= 4 is 63.8 Å². The summed E-state index contributed by atoms with van der Waals surface area (Å²) in [6, 6.07) is 26.7. The molecule has 4 aromatic rings. The van der Waals surface area contributed by atoms with E-state index in [-0.39, 0.29) is 0 Å². The van der Waals surface area contributed by atoms with Gasteiger partial charge in [0.1, 0.15) is 0 Å². The Morgan fingerprint density at radius 1 is 0.758 bits per heavy atom. The fourth-order valence-electron chi connectivity index (χ4n) is 3.62. The molecule has 0 bridgehead atoms. The highest BCUT2D eigenvalue weighted by molar-refractivity contribution is 6.18. The van der Waals surface area contributed by atoms with Crippen molar-refractivity contribution in [3.8, 4) is 0 Å². The van der Waals surface area contributed by atoms with Crippen LogP contribution in [0, 0.1) is 0 Å². The lowest BCUT2D eigenvalue weighted by Crippen LogP contribution is -2.27. The largest absolute Gasteiger partial charge is 0.369 e. The van der Waals surface area contributed by atoms with Gasteiger partial charge in [0.05, 0.1) is 11.2 Å². The molecular formula is C28H25Cl2N3. The first-order valence-corrected chi connectivity index (χ1v) is 12.0. The van der Waals surface area contributed by atoms with E-state index in [0.29, 0.717) is 11.8 Å². The maximum Gasteiger partial charge on any atom is 0.0707 e. The number of para-hydroxylation sites is 1. The molecule has 0 atom stereocenters. The van der Waals surface area contributed by atoms with Crippen LogP contribution in [0.2, 0.25) is 0 Å². The van der Waals surface area contributed by atoms with E-state index in [1.807, 2.05) is 48.8 Å². The zero-order chi connectivity index (χ0) is 22.9. The van der Waals surface area contributed by atoms with Crippen molar-refractivity contribution < 1.29 is 0 Å². The van der Waals surface area contributed by atoms with Crippen LogP contribution in [0.5, 0.6) is 0 Å². The lowest BCUT2D eigenvalue weighted by Gasteiger charge is -2.22. The van der Waals surface area contributed by atoms with Crippen LogP contribution < -0.4 is 4.90 Å². The zero-order valence-electron chi connectivity index (χ0n) is 18.2. The molecule has 0 aliphatic carbocycles. The van der Waals surface area contributed by atoms with Crippen molar-refractivity contribution in [3.05, 3.63) is 102 Å². The van der Waals surface area contributed by atoms with Crippen LogP contribution in [0.15, 0.2) is 90.1 Å². The number of nitrogens with zero attached hydrogens (tertiary/aromatic N) is 3. The van der Waals surface area contributed by atoms with E-state index in [1.165, 1.54) is 0 Å². The molecule has 0 fully saturated rings. The minimum absolute atomic E-state index is 0.574. The first kappa shape index (κ1) is 23.0. The van der Waals surface area contributed by atoms with Crippen LogP contribution in [0.1, 0.15) is 16.7 Å². The third-order valence-electron chi connectivity index (χ3n) is 5.36. The number of halogens is 2. The van der Waals surface area contributed by atoms with Gasteiger partial charge in [-0.1, -0.05) is 54.6 Å². The van der Waals surface area contributed by atoms with Gasteiger partial charge in [-0.15, -0.1) is 23.2 Å². The monoisotopic (exact) mass is 473 g/mol. The first-order valence-electron chi connectivity index (χ1n) is 10.9. The van der Waals surface area contributed by atoms with Crippen LogP contribution >= 0.6 is 23.2 Å². The molecule has 3 aromatic carbocycles. The number of aliphatic imine (C=N–C) groups is 1. The molecule has 0 aliphatic rings. The van der Waals surface area contributed by atoms with E-state index in [2.05, 4.69) is 69.5 Å². The topological polar surface area (TPSA) is 28.5 Å². The summed E-state index contributed by atoms with van der Waals surface area (Å²) < 4.78 is 0. The number of pyridine rings is 1. The van der Waals surface area contributed by atoms with E-state index < -0.39 is 0 Å². The third kappa shape index (κ3) is 6.22. The average molecular weight is 474 g/mol. The second-order valence-electron chi connectivity index (χ2n) is 7.56. The van der Waals surface area contributed by atoms with Gasteiger partial charge in [0.25, 0.3) is 0 Å². The summed E-state index contributed by atoms with van der Waals surface area (Å²) in [5.41, 5.74) is 6.36. The summed E-state index contributed by atoms with van der Waals surface area (Å²) in [5, 5.41) is 1.15. The highest BCUT2D eigenvalue weighted by Crippen LogP contribution is 2.20. The molecule has 5 heteroatoms. The molecule has 0 saturated carbocycles. The van der Waals surface area contributed by atoms with Crippen molar-refractivity contribution in [1.29, 1.82) is 0 Å². The lowest BCUT2D eigenvalue weighted by molar-refractivity contribution is 0.874. The number of alkyl halides is 2. The maximum absolute atomic E-state index is 5.90. The van der Waals surface area contributed by atoms with E-state index in [0.717, 1.165) is 52.1 Å². The Morgan fingerprint density at radius 2 is 1.45 bits per heavy atom. The van der Waals surface area contributed by atoms with Crippen LogP contribution in [-0.4, -0.2) is 36.0 Å². The Kier molecular flexibility index (Phi) is 8.13. The summed E-state index contributed by atoms with van der Waals surface area (Å²) in [7, 11) is 0. The van der Waals surface area contributed by atoms with E-state index in [4.69, 9.17) is 23.2 Å². The molecule has 3 nitrogen and oxygen atoms in total. The van der Waals surface area contributed by atoms with Crippen molar-refractivity contribution in [3.63, 3.8) is 0 Å². The van der Waals surface area contributed by atoms with Crippen molar-refractivity contribution in [2.24, 2.45) is 4.99 Å². The number of fused-ring (bicyclic) bond motifs is 1. The fraction of sp³-hybridized carbons (Fsp3) is 0.143. The second kappa shape index (κ2) is 11.6. The van der Waals surface area contributed by atoms with Gasteiger partial charge in [0.2, 0.25) is 0 Å². The van der Waals surface area contributed by atoms with Crippen LogP contribution in [0.25, 0.3) is 23.1 Å². The Balaban J connectivity index is 1.41. The maximum atomic E-state index is 5.90. The predicted molar refractivity (Wildman–Crippen MR) is 144 cm³/mol. The summed E-state index contributed by atoms with van der Waals surface area (Å²) in [5.74, 6) is 1.15. The second-order valence-corrected chi connectivity index (χ2v) is 8.31. The summed E-state index contributed by atoms with van der Waals surface area (Å²) >= 11 is 11.8. The van der Waals surface area contributed by atoms with Crippen LogP contribution in [0.3, 0.4) is 0 Å².